The first-order valence-electron chi connectivity index (χ1n) is 8.60. The molecule has 0 radical (unpaired) electrons. The van der Waals surface area contributed by atoms with Gasteiger partial charge in [0.15, 0.2) is 0 Å². The minimum atomic E-state index is -0.148. The van der Waals surface area contributed by atoms with Gasteiger partial charge in [-0.3, -0.25) is 5.32 Å². The second-order valence-electron chi connectivity index (χ2n) is 7.90. The summed E-state index contributed by atoms with van der Waals surface area (Å²) in [5, 5.41) is 3.52. The van der Waals surface area contributed by atoms with Gasteiger partial charge in [-0.1, -0.05) is 0 Å². The number of aliphatic imine (C=N–C) groups is 1. The largest absolute Gasteiger partial charge is 0.475 e. The van der Waals surface area contributed by atoms with Gasteiger partial charge in [0.25, 0.3) is 0 Å². The molecule has 1 N–H and O–H groups in total. The van der Waals surface area contributed by atoms with Crippen molar-refractivity contribution in [2.45, 2.75) is 64.8 Å². The summed E-state index contributed by atoms with van der Waals surface area (Å²) in [6, 6.07) is 0. The van der Waals surface area contributed by atoms with Crippen molar-refractivity contribution < 1.29 is 14.2 Å². The van der Waals surface area contributed by atoms with Crippen LogP contribution in [0.4, 0.5) is 0 Å². The van der Waals surface area contributed by atoms with Crippen LogP contribution in [0.2, 0.25) is 0 Å². The topological polar surface area (TPSA) is 52.1 Å². The fourth-order valence-corrected chi connectivity index (χ4v) is 3.12. The van der Waals surface area contributed by atoms with E-state index in [1.54, 1.807) is 11.8 Å². The van der Waals surface area contributed by atoms with E-state index in [1.165, 1.54) is 5.57 Å². The maximum atomic E-state index is 5.88. The molecule has 0 amide bonds. The Morgan fingerprint density at radius 2 is 2.08 bits per heavy atom. The summed E-state index contributed by atoms with van der Waals surface area (Å²) in [5.74, 6) is 1.48. The molecule has 1 saturated heterocycles. The Bertz CT molecular complexity index is 500. The molecule has 0 aromatic carbocycles. The van der Waals surface area contributed by atoms with E-state index < -0.39 is 0 Å². The van der Waals surface area contributed by atoms with Crippen molar-refractivity contribution in [3.05, 3.63) is 11.1 Å². The van der Waals surface area contributed by atoms with E-state index in [2.05, 4.69) is 39.9 Å². The van der Waals surface area contributed by atoms with E-state index in [0.717, 1.165) is 30.9 Å². The first kappa shape index (κ1) is 19.8. The summed E-state index contributed by atoms with van der Waals surface area (Å²) in [6.07, 6.45) is 3.90. The Balaban J connectivity index is 2.04. The lowest BCUT2D eigenvalue weighted by Gasteiger charge is -2.18. The van der Waals surface area contributed by atoms with E-state index in [-0.39, 0.29) is 17.3 Å². The second kappa shape index (κ2) is 8.21. The Morgan fingerprint density at radius 1 is 1.33 bits per heavy atom. The van der Waals surface area contributed by atoms with Crippen LogP contribution in [0.5, 0.6) is 0 Å². The standard InChI is InChI=1S/C18H32N2O3S/c1-13(9-21-12-24-6)14(16-20-18(4,5)11-23-16)7-8-15-19-17(2,3)10-22-15/h15,19H,7-12H2,1-6H3. The number of hydrogen-bond acceptors (Lipinski definition) is 6. The van der Waals surface area contributed by atoms with Crippen LogP contribution >= 0.6 is 11.8 Å². The first-order chi connectivity index (χ1) is 11.2. The number of ether oxygens (including phenoxy) is 3. The van der Waals surface area contributed by atoms with Crippen molar-refractivity contribution in [2.24, 2.45) is 4.99 Å². The molecule has 5 nitrogen and oxygen atoms in total. The van der Waals surface area contributed by atoms with E-state index in [0.29, 0.717) is 19.2 Å². The summed E-state index contributed by atoms with van der Waals surface area (Å²) >= 11 is 1.68. The van der Waals surface area contributed by atoms with Crippen LogP contribution in [-0.2, 0) is 14.2 Å². The van der Waals surface area contributed by atoms with Crippen LogP contribution in [0.1, 0.15) is 47.5 Å². The smallest absolute Gasteiger partial charge is 0.212 e. The predicted octanol–water partition coefficient (Wildman–Crippen LogP) is 3.35. The molecule has 0 spiro atoms. The summed E-state index contributed by atoms with van der Waals surface area (Å²) < 4.78 is 17.4. The Labute approximate surface area is 150 Å². The fraction of sp³-hybridized carbons (Fsp3) is 0.833. The summed E-state index contributed by atoms with van der Waals surface area (Å²) in [4.78, 5) is 4.76. The van der Waals surface area contributed by atoms with Crippen molar-refractivity contribution in [2.75, 3.05) is 32.0 Å². The summed E-state index contributed by atoms with van der Waals surface area (Å²) in [7, 11) is 0. The van der Waals surface area contributed by atoms with Crippen molar-refractivity contribution in [3.63, 3.8) is 0 Å². The molecule has 0 aliphatic carbocycles. The van der Waals surface area contributed by atoms with Gasteiger partial charge in [0.05, 0.1) is 24.7 Å². The molecule has 2 aliphatic rings. The predicted molar refractivity (Wildman–Crippen MR) is 101 cm³/mol. The minimum Gasteiger partial charge on any atom is -0.475 e. The zero-order valence-electron chi connectivity index (χ0n) is 15.9. The van der Waals surface area contributed by atoms with Gasteiger partial charge in [-0.25, -0.2) is 4.99 Å². The van der Waals surface area contributed by atoms with Gasteiger partial charge in [0, 0.05) is 11.1 Å². The number of hydrogen-bond donors (Lipinski definition) is 1. The molecular formula is C18H32N2O3S. The molecule has 1 fully saturated rings. The quantitative estimate of drug-likeness (QED) is 0.534. The highest BCUT2D eigenvalue weighted by molar-refractivity contribution is 7.98. The zero-order valence-corrected chi connectivity index (χ0v) is 16.7. The van der Waals surface area contributed by atoms with Crippen molar-refractivity contribution in [3.8, 4) is 0 Å². The van der Waals surface area contributed by atoms with E-state index in [4.69, 9.17) is 19.2 Å². The molecule has 0 aromatic rings. The normalized spacial score (nSPS) is 26.1. The van der Waals surface area contributed by atoms with E-state index >= 15 is 0 Å². The highest BCUT2D eigenvalue weighted by atomic mass is 32.2. The van der Waals surface area contributed by atoms with Gasteiger partial charge in [0.1, 0.15) is 12.8 Å². The third kappa shape index (κ3) is 5.76. The van der Waals surface area contributed by atoms with Crippen LogP contribution in [0.15, 0.2) is 16.1 Å². The molecule has 0 aromatic heterocycles. The van der Waals surface area contributed by atoms with Gasteiger partial charge in [-0.2, -0.15) is 0 Å². The molecule has 0 bridgehead atoms. The highest BCUT2D eigenvalue weighted by Gasteiger charge is 2.32. The molecular weight excluding hydrogens is 324 g/mol. The summed E-state index contributed by atoms with van der Waals surface area (Å²) in [6.45, 7) is 12.6. The van der Waals surface area contributed by atoms with Crippen molar-refractivity contribution in [1.82, 2.24) is 5.32 Å². The lowest BCUT2D eigenvalue weighted by atomic mass is 10.0. The Hall–Kier alpha value is -0.560. The Morgan fingerprint density at radius 3 is 2.62 bits per heavy atom. The highest BCUT2D eigenvalue weighted by Crippen LogP contribution is 2.26. The van der Waals surface area contributed by atoms with Gasteiger partial charge >= 0.3 is 0 Å². The van der Waals surface area contributed by atoms with E-state index in [1.807, 2.05) is 6.26 Å². The van der Waals surface area contributed by atoms with Crippen LogP contribution in [0.3, 0.4) is 0 Å². The average molecular weight is 357 g/mol. The third-order valence-corrected chi connectivity index (χ3v) is 4.52. The molecule has 1 atom stereocenters. The minimum absolute atomic E-state index is 0.0500. The monoisotopic (exact) mass is 356 g/mol. The Kier molecular flexibility index (Phi) is 6.76. The molecule has 1 unspecified atom stereocenters. The number of rotatable bonds is 8. The van der Waals surface area contributed by atoms with Crippen LogP contribution in [0, 0.1) is 0 Å². The molecule has 24 heavy (non-hydrogen) atoms. The van der Waals surface area contributed by atoms with E-state index in [9.17, 15) is 0 Å². The first-order valence-corrected chi connectivity index (χ1v) is 9.99. The maximum absolute atomic E-state index is 5.88. The third-order valence-electron chi connectivity index (χ3n) is 4.11. The van der Waals surface area contributed by atoms with Crippen LogP contribution in [0.25, 0.3) is 0 Å². The molecule has 6 heteroatoms. The van der Waals surface area contributed by atoms with Crippen LogP contribution in [-0.4, -0.2) is 55.2 Å². The molecule has 2 aliphatic heterocycles. The number of nitrogens with one attached hydrogen (secondary N) is 1. The lowest BCUT2D eigenvalue weighted by Crippen LogP contribution is -2.39. The molecule has 2 rings (SSSR count). The van der Waals surface area contributed by atoms with Gasteiger partial charge < -0.3 is 14.2 Å². The van der Waals surface area contributed by atoms with Gasteiger partial charge in [-0.05, 0) is 59.3 Å². The lowest BCUT2D eigenvalue weighted by molar-refractivity contribution is 0.0920. The zero-order chi connectivity index (χ0) is 17.8. The average Bonchev–Trinajstić information content (AvgIpc) is 3.01. The SMILES string of the molecule is CSCOCC(C)=C(CCC1NC(C)(C)CO1)C1=NC(C)(C)CO1. The number of thioether (sulfide) groups is 1. The molecule has 0 saturated carbocycles. The van der Waals surface area contributed by atoms with Crippen LogP contribution < -0.4 is 5.32 Å². The molecule has 138 valence electrons. The van der Waals surface area contributed by atoms with Gasteiger partial charge in [0.2, 0.25) is 5.90 Å². The maximum Gasteiger partial charge on any atom is 0.212 e. The van der Waals surface area contributed by atoms with Crippen molar-refractivity contribution in [1.29, 1.82) is 0 Å². The van der Waals surface area contributed by atoms with Gasteiger partial charge in [-0.15, -0.1) is 11.8 Å². The molecule has 2 heterocycles. The fourth-order valence-electron chi connectivity index (χ4n) is 2.87. The van der Waals surface area contributed by atoms with Crippen molar-refractivity contribution >= 4 is 17.7 Å². The second-order valence-corrected chi connectivity index (χ2v) is 8.71. The summed E-state index contributed by atoms with van der Waals surface area (Å²) in [5.41, 5.74) is 2.26. The number of nitrogens with zero attached hydrogens (tertiary/aromatic N) is 1.